The Morgan fingerprint density at radius 3 is 2.95 bits per heavy atom. The monoisotopic (exact) mass is 279 g/mol. The molecular formula is C13H13NO4S. The molecular weight excluding hydrogens is 266 g/mol. The lowest BCUT2D eigenvalue weighted by Gasteiger charge is -2.05. The summed E-state index contributed by atoms with van der Waals surface area (Å²) in [5.74, 6) is 0.557. The number of thiazole rings is 1. The van der Waals surface area contributed by atoms with Crippen molar-refractivity contribution < 1.29 is 19.4 Å². The Balaban J connectivity index is 1.94. The fourth-order valence-electron chi connectivity index (χ4n) is 1.48. The number of carboxylic acid groups (broad SMARTS) is 1. The molecule has 0 radical (unpaired) electrons. The SMILES string of the molecule is COc1cccc(OCc2ncc(CC(=O)O)s2)c1. The van der Waals surface area contributed by atoms with Crippen molar-refractivity contribution in [3.05, 3.63) is 40.3 Å². The molecule has 2 rings (SSSR count). The molecule has 0 fully saturated rings. The van der Waals surface area contributed by atoms with E-state index in [1.807, 2.05) is 18.2 Å². The first-order valence-electron chi connectivity index (χ1n) is 5.59. The van der Waals surface area contributed by atoms with E-state index < -0.39 is 5.97 Å². The van der Waals surface area contributed by atoms with E-state index in [1.54, 1.807) is 19.4 Å². The van der Waals surface area contributed by atoms with Crippen molar-refractivity contribution in [2.75, 3.05) is 7.11 Å². The number of rotatable bonds is 6. The van der Waals surface area contributed by atoms with Gasteiger partial charge in [0.15, 0.2) is 0 Å². The molecule has 19 heavy (non-hydrogen) atoms. The fraction of sp³-hybridized carbons (Fsp3) is 0.231. The zero-order valence-corrected chi connectivity index (χ0v) is 11.1. The number of methoxy groups -OCH3 is 1. The number of hydrogen-bond acceptors (Lipinski definition) is 5. The molecule has 0 saturated carbocycles. The van der Waals surface area contributed by atoms with Gasteiger partial charge in [-0.25, -0.2) is 4.98 Å². The molecule has 0 spiro atoms. The van der Waals surface area contributed by atoms with Crippen LogP contribution < -0.4 is 9.47 Å². The van der Waals surface area contributed by atoms with E-state index in [-0.39, 0.29) is 6.42 Å². The van der Waals surface area contributed by atoms with Gasteiger partial charge in [-0.3, -0.25) is 4.79 Å². The molecule has 0 unspecified atom stereocenters. The molecule has 0 atom stereocenters. The number of aliphatic carboxylic acids is 1. The number of benzene rings is 1. The zero-order chi connectivity index (χ0) is 13.7. The second-order valence-corrected chi connectivity index (χ2v) is 4.96. The second-order valence-electron chi connectivity index (χ2n) is 3.76. The standard InChI is InChI=1S/C13H13NO4S/c1-17-9-3-2-4-10(5-9)18-8-12-14-7-11(19-12)6-13(15)16/h2-5,7H,6,8H2,1H3,(H,15,16). The smallest absolute Gasteiger partial charge is 0.308 e. The minimum Gasteiger partial charge on any atom is -0.497 e. The first-order valence-corrected chi connectivity index (χ1v) is 6.41. The molecule has 0 bridgehead atoms. The van der Waals surface area contributed by atoms with Crippen molar-refractivity contribution in [1.29, 1.82) is 0 Å². The van der Waals surface area contributed by atoms with Crippen molar-refractivity contribution in [3.63, 3.8) is 0 Å². The molecule has 0 aliphatic carbocycles. The van der Waals surface area contributed by atoms with Crippen LogP contribution >= 0.6 is 11.3 Å². The highest BCUT2D eigenvalue weighted by Gasteiger charge is 2.06. The van der Waals surface area contributed by atoms with Crippen molar-refractivity contribution in [2.45, 2.75) is 13.0 Å². The van der Waals surface area contributed by atoms with Crippen molar-refractivity contribution in [1.82, 2.24) is 4.98 Å². The first kappa shape index (κ1) is 13.4. The lowest BCUT2D eigenvalue weighted by atomic mass is 10.3. The maximum atomic E-state index is 10.6. The minimum atomic E-state index is -0.857. The van der Waals surface area contributed by atoms with E-state index in [4.69, 9.17) is 14.6 Å². The van der Waals surface area contributed by atoms with Gasteiger partial charge in [0.05, 0.1) is 13.5 Å². The van der Waals surface area contributed by atoms with E-state index in [1.165, 1.54) is 11.3 Å². The number of carbonyl (C=O) groups is 1. The third-order valence-electron chi connectivity index (χ3n) is 2.33. The number of aromatic nitrogens is 1. The molecule has 1 aromatic heterocycles. The second kappa shape index (κ2) is 6.19. The Bertz CT molecular complexity index is 567. The summed E-state index contributed by atoms with van der Waals surface area (Å²) in [6, 6.07) is 7.28. The van der Waals surface area contributed by atoms with Crippen LogP contribution in [0, 0.1) is 0 Å². The summed E-state index contributed by atoms with van der Waals surface area (Å²) in [4.78, 5) is 15.4. The third kappa shape index (κ3) is 3.96. The highest BCUT2D eigenvalue weighted by molar-refractivity contribution is 7.11. The van der Waals surface area contributed by atoms with Gasteiger partial charge in [-0.2, -0.15) is 0 Å². The summed E-state index contributed by atoms with van der Waals surface area (Å²) >= 11 is 1.34. The van der Waals surface area contributed by atoms with Gasteiger partial charge in [-0.15, -0.1) is 11.3 Å². The molecule has 0 aliphatic rings. The van der Waals surface area contributed by atoms with E-state index >= 15 is 0 Å². The molecule has 0 aliphatic heterocycles. The number of carboxylic acids is 1. The fourth-order valence-corrected chi connectivity index (χ4v) is 2.31. The predicted octanol–water partition coefficient (Wildman–Crippen LogP) is 2.36. The van der Waals surface area contributed by atoms with Crippen LogP contribution in [0.2, 0.25) is 0 Å². The van der Waals surface area contributed by atoms with E-state index in [0.29, 0.717) is 12.4 Å². The lowest BCUT2D eigenvalue weighted by Crippen LogP contribution is -1.97. The maximum absolute atomic E-state index is 10.6. The van der Waals surface area contributed by atoms with Crippen LogP contribution in [0.25, 0.3) is 0 Å². The van der Waals surface area contributed by atoms with Crippen molar-refractivity contribution >= 4 is 17.3 Å². The Kier molecular flexibility index (Phi) is 4.35. The molecule has 2 aromatic rings. The summed E-state index contributed by atoms with van der Waals surface area (Å²) in [6.07, 6.45) is 1.57. The Morgan fingerprint density at radius 1 is 1.42 bits per heavy atom. The van der Waals surface area contributed by atoms with E-state index in [0.717, 1.165) is 15.6 Å². The minimum absolute atomic E-state index is 0.00315. The Hall–Kier alpha value is -2.08. The van der Waals surface area contributed by atoms with Crippen molar-refractivity contribution in [2.24, 2.45) is 0 Å². The summed E-state index contributed by atoms with van der Waals surface area (Å²) in [5, 5.41) is 9.42. The van der Waals surface area contributed by atoms with Crippen LogP contribution in [0.15, 0.2) is 30.5 Å². The molecule has 1 N–H and O–H groups in total. The summed E-state index contributed by atoms with van der Waals surface area (Å²) < 4.78 is 10.7. The van der Waals surface area contributed by atoms with Crippen LogP contribution in [0.4, 0.5) is 0 Å². The van der Waals surface area contributed by atoms with Crippen LogP contribution in [-0.4, -0.2) is 23.2 Å². The summed E-state index contributed by atoms with van der Waals surface area (Å²) in [6.45, 7) is 0.317. The zero-order valence-electron chi connectivity index (χ0n) is 10.3. The average Bonchev–Trinajstić information content (AvgIpc) is 2.83. The normalized spacial score (nSPS) is 10.2. The van der Waals surface area contributed by atoms with Crippen LogP contribution in [0.3, 0.4) is 0 Å². The molecule has 0 saturated heterocycles. The molecule has 5 nitrogen and oxygen atoms in total. The highest BCUT2D eigenvalue weighted by atomic mass is 32.1. The van der Waals surface area contributed by atoms with Gasteiger partial charge in [0, 0.05) is 17.1 Å². The maximum Gasteiger partial charge on any atom is 0.308 e. The summed E-state index contributed by atoms with van der Waals surface area (Å²) in [7, 11) is 1.60. The van der Waals surface area contributed by atoms with Gasteiger partial charge < -0.3 is 14.6 Å². The van der Waals surface area contributed by atoms with E-state index in [9.17, 15) is 4.79 Å². The molecule has 100 valence electrons. The third-order valence-corrected chi connectivity index (χ3v) is 3.30. The Labute approximate surface area is 114 Å². The highest BCUT2D eigenvalue weighted by Crippen LogP contribution is 2.21. The average molecular weight is 279 g/mol. The quantitative estimate of drug-likeness (QED) is 0.879. The summed E-state index contributed by atoms with van der Waals surface area (Å²) in [5.41, 5.74) is 0. The molecule has 1 heterocycles. The van der Waals surface area contributed by atoms with E-state index in [2.05, 4.69) is 4.98 Å². The lowest BCUT2D eigenvalue weighted by molar-refractivity contribution is -0.136. The van der Waals surface area contributed by atoms with Gasteiger partial charge in [-0.05, 0) is 12.1 Å². The van der Waals surface area contributed by atoms with Gasteiger partial charge in [0.25, 0.3) is 0 Å². The van der Waals surface area contributed by atoms with Gasteiger partial charge in [0.1, 0.15) is 23.1 Å². The molecule has 0 amide bonds. The predicted molar refractivity (Wildman–Crippen MR) is 70.8 cm³/mol. The van der Waals surface area contributed by atoms with Gasteiger partial charge >= 0.3 is 5.97 Å². The van der Waals surface area contributed by atoms with Crippen LogP contribution in [0.1, 0.15) is 9.88 Å². The van der Waals surface area contributed by atoms with Crippen molar-refractivity contribution in [3.8, 4) is 11.5 Å². The Morgan fingerprint density at radius 2 is 2.21 bits per heavy atom. The number of hydrogen-bond donors (Lipinski definition) is 1. The number of nitrogens with zero attached hydrogens (tertiary/aromatic N) is 1. The van der Waals surface area contributed by atoms with Gasteiger partial charge in [0.2, 0.25) is 0 Å². The largest absolute Gasteiger partial charge is 0.497 e. The van der Waals surface area contributed by atoms with Gasteiger partial charge in [-0.1, -0.05) is 6.07 Å². The van der Waals surface area contributed by atoms with Crippen LogP contribution in [0.5, 0.6) is 11.5 Å². The molecule has 1 aromatic carbocycles. The number of ether oxygens (including phenoxy) is 2. The topological polar surface area (TPSA) is 68.7 Å². The van der Waals surface area contributed by atoms with Crippen LogP contribution in [-0.2, 0) is 17.8 Å². The first-order chi connectivity index (χ1) is 9.17. The molecule has 6 heteroatoms.